The van der Waals surface area contributed by atoms with Gasteiger partial charge in [0.1, 0.15) is 0 Å². The molecule has 0 atom stereocenters. The summed E-state index contributed by atoms with van der Waals surface area (Å²) < 4.78 is 0. The van der Waals surface area contributed by atoms with Crippen LogP contribution in [-0.4, -0.2) is 8.07 Å². The van der Waals surface area contributed by atoms with Gasteiger partial charge in [-0.15, -0.1) is 0 Å². The summed E-state index contributed by atoms with van der Waals surface area (Å²) in [7, 11) is -1.06. The molecule has 0 unspecified atom stereocenters. The van der Waals surface area contributed by atoms with E-state index in [0.29, 0.717) is 0 Å². The number of hydrogen-bond acceptors (Lipinski definition) is 0. The molecule has 0 aliphatic carbocycles. The molecule has 1 heteroatoms. The predicted molar refractivity (Wildman–Crippen MR) is 88.1 cm³/mol. The molecule has 19 heavy (non-hydrogen) atoms. The number of hydrogen-bond donors (Lipinski definition) is 0. The summed E-state index contributed by atoms with van der Waals surface area (Å²) >= 11 is 0. The van der Waals surface area contributed by atoms with Gasteiger partial charge in [0.15, 0.2) is 0 Å². The summed E-state index contributed by atoms with van der Waals surface area (Å²) in [5.74, 6) is 0. The maximum absolute atomic E-state index is 2.43. The largest absolute Gasteiger partial charge is 0.0787 e. The minimum absolute atomic E-state index is 1.06. The molecule has 0 heterocycles. The average Bonchev–Trinajstić information content (AvgIpc) is 2.40. The normalized spacial score (nSPS) is 11.1. The second kappa shape index (κ2) is 6.03. The number of rotatable bonds is 4. The van der Waals surface area contributed by atoms with Gasteiger partial charge in [-0.2, -0.15) is 0 Å². The molecule has 0 fully saturated rings. The fraction of sp³-hybridized carbons (Fsp3) is 0.222. The molecule has 98 valence electrons. The van der Waals surface area contributed by atoms with Gasteiger partial charge in [-0.05, 0) is 22.7 Å². The van der Waals surface area contributed by atoms with Crippen molar-refractivity contribution in [3.63, 3.8) is 0 Å². The molecule has 0 radical (unpaired) electrons. The molecule has 0 saturated heterocycles. The first kappa shape index (κ1) is 13.8. The van der Waals surface area contributed by atoms with Crippen molar-refractivity contribution in [2.75, 3.05) is 0 Å². The first-order valence-corrected chi connectivity index (χ1v) is 10.6. The molecule has 0 amide bonds. The fourth-order valence-electron chi connectivity index (χ4n) is 2.05. The summed E-state index contributed by atoms with van der Waals surface area (Å²) in [5, 5.41) is 0. The first-order chi connectivity index (χ1) is 9.06. The lowest BCUT2D eigenvalue weighted by molar-refractivity contribution is 1.47. The molecular weight excluding hydrogens is 244 g/mol. The molecular formula is C18H22Si. The number of allylic oxidation sites excluding steroid dienone is 1. The van der Waals surface area contributed by atoms with E-state index in [1.165, 1.54) is 22.7 Å². The zero-order chi connectivity index (χ0) is 13.7. The van der Waals surface area contributed by atoms with Crippen LogP contribution in [0.25, 0.3) is 5.57 Å². The van der Waals surface area contributed by atoms with E-state index in [9.17, 15) is 0 Å². The molecule has 2 aromatic carbocycles. The molecule has 0 N–H and O–H groups in total. The van der Waals surface area contributed by atoms with Gasteiger partial charge in [0.2, 0.25) is 0 Å². The zero-order valence-corrected chi connectivity index (χ0v) is 13.1. The molecule has 0 aromatic heterocycles. The third kappa shape index (κ3) is 4.21. The molecule has 0 nitrogen and oxygen atoms in total. The van der Waals surface area contributed by atoms with Crippen LogP contribution in [0.3, 0.4) is 0 Å². The number of benzene rings is 2. The SMILES string of the molecule is C[Si](C)(C)CC=C(c1ccccc1)c1ccccc1. The molecule has 2 aromatic rings. The van der Waals surface area contributed by atoms with Crippen molar-refractivity contribution < 1.29 is 0 Å². The monoisotopic (exact) mass is 266 g/mol. The fourth-order valence-corrected chi connectivity index (χ4v) is 2.86. The maximum atomic E-state index is 2.43. The van der Waals surface area contributed by atoms with E-state index in [0.717, 1.165) is 0 Å². The van der Waals surface area contributed by atoms with Crippen LogP contribution in [0.2, 0.25) is 25.7 Å². The maximum Gasteiger partial charge on any atom is 0.0480 e. The van der Waals surface area contributed by atoms with Gasteiger partial charge in [-0.25, -0.2) is 0 Å². The Morgan fingerprint density at radius 3 is 1.58 bits per heavy atom. The van der Waals surface area contributed by atoms with Crippen LogP contribution < -0.4 is 0 Å². The summed E-state index contributed by atoms with van der Waals surface area (Å²) in [6.45, 7) is 7.24. The van der Waals surface area contributed by atoms with Crippen molar-refractivity contribution in [2.24, 2.45) is 0 Å². The Kier molecular flexibility index (Phi) is 4.38. The van der Waals surface area contributed by atoms with Gasteiger partial charge >= 0.3 is 0 Å². The lowest BCUT2D eigenvalue weighted by Crippen LogP contribution is -2.17. The summed E-state index contributed by atoms with van der Waals surface area (Å²) in [4.78, 5) is 0. The van der Waals surface area contributed by atoms with Crippen LogP contribution in [0.1, 0.15) is 11.1 Å². The Hall–Kier alpha value is -1.60. The Morgan fingerprint density at radius 1 is 0.789 bits per heavy atom. The Labute approximate surface area is 117 Å². The third-order valence-electron chi connectivity index (χ3n) is 3.09. The quantitative estimate of drug-likeness (QED) is 0.645. The lowest BCUT2D eigenvalue weighted by atomic mass is 9.98. The Morgan fingerprint density at radius 2 is 1.21 bits per heavy atom. The van der Waals surface area contributed by atoms with Crippen LogP contribution in [0.4, 0.5) is 0 Å². The molecule has 2 rings (SSSR count). The van der Waals surface area contributed by atoms with Gasteiger partial charge in [-0.3, -0.25) is 0 Å². The molecule has 0 aliphatic rings. The first-order valence-electron chi connectivity index (χ1n) is 6.87. The second-order valence-corrected chi connectivity index (χ2v) is 11.6. The van der Waals surface area contributed by atoms with Crippen LogP contribution in [0.5, 0.6) is 0 Å². The van der Waals surface area contributed by atoms with Gasteiger partial charge in [0, 0.05) is 8.07 Å². The van der Waals surface area contributed by atoms with Gasteiger partial charge in [-0.1, -0.05) is 86.4 Å². The Bertz CT molecular complexity index is 491. The highest BCUT2D eigenvalue weighted by molar-refractivity contribution is 6.76. The molecule has 0 saturated carbocycles. The van der Waals surface area contributed by atoms with Crippen LogP contribution in [0, 0.1) is 0 Å². The standard InChI is InChI=1S/C18H22Si/c1-19(2,3)15-14-18(16-10-6-4-7-11-16)17-12-8-5-9-13-17/h4-14H,15H2,1-3H3. The van der Waals surface area contributed by atoms with E-state index in [1.54, 1.807) is 0 Å². The van der Waals surface area contributed by atoms with Crippen molar-refractivity contribution in [1.82, 2.24) is 0 Å². The highest BCUT2D eigenvalue weighted by Gasteiger charge is 2.12. The van der Waals surface area contributed by atoms with E-state index >= 15 is 0 Å². The minimum Gasteiger partial charge on any atom is -0.0787 e. The van der Waals surface area contributed by atoms with Crippen molar-refractivity contribution in [1.29, 1.82) is 0 Å². The molecule has 0 spiro atoms. The van der Waals surface area contributed by atoms with Gasteiger partial charge in [0.05, 0.1) is 0 Å². The van der Waals surface area contributed by atoms with Crippen molar-refractivity contribution >= 4 is 13.6 Å². The van der Waals surface area contributed by atoms with E-state index in [2.05, 4.69) is 86.4 Å². The van der Waals surface area contributed by atoms with Crippen LogP contribution >= 0.6 is 0 Å². The third-order valence-corrected chi connectivity index (χ3v) is 4.52. The highest BCUT2D eigenvalue weighted by Crippen LogP contribution is 2.25. The molecule has 0 aliphatic heterocycles. The van der Waals surface area contributed by atoms with Crippen molar-refractivity contribution in [2.45, 2.75) is 25.7 Å². The molecule has 0 bridgehead atoms. The van der Waals surface area contributed by atoms with E-state index in [1.807, 2.05) is 0 Å². The van der Waals surface area contributed by atoms with Gasteiger partial charge < -0.3 is 0 Å². The summed E-state index contributed by atoms with van der Waals surface area (Å²) in [5.41, 5.74) is 3.99. The smallest absolute Gasteiger partial charge is 0.0480 e. The van der Waals surface area contributed by atoms with Crippen molar-refractivity contribution in [3.05, 3.63) is 77.9 Å². The van der Waals surface area contributed by atoms with Crippen LogP contribution in [0.15, 0.2) is 66.7 Å². The second-order valence-electron chi connectivity index (χ2n) is 6.11. The Balaban J connectivity index is 2.40. The zero-order valence-electron chi connectivity index (χ0n) is 12.1. The lowest BCUT2D eigenvalue weighted by Gasteiger charge is -2.15. The minimum atomic E-state index is -1.06. The summed E-state index contributed by atoms with van der Waals surface area (Å²) in [6.07, 6.45) is 2.43. The van der Waals surface area contributed by atoms with Crippen molar-refractivity contribution in [3.8, 4) is 0 Å². The summed E-state index contributed by atoms with van der Waals surface area (Å²) in [6, 6.07) is 22.6. The van der Waals surface area contributed by atoms with E-state index < -0.39 is 8.07 Å². The highest BCUT2D eigenvalue weighted by atomic mass is 28.3. The van der Waals surface area contributed by atoms with Crippen LogP contribution in [-0.2, 0) is 0 Å². The van der Waals surface area contributed by atoms with Gasteiger partial charge in [0.25, 0.3) is 0 Å². The van der Waals surface area contributed by atoms with E-state index in [-0.39, 0.29) is 0 Å². The predicted octanol–water partition coefficient (Wildman–Crippen LogP) is 5.46. The van der Waals surface area contributed by atoms with E-state index in [4.69, 9.17) is 0 Å². The average molecular weight is 266 g/mol. The topological polar surface area (TPSA) is 0 Å².